The second-order valence-corrected chi connectivity index (χ2v) is 4.06. The van der Waals surface area contributed by atoms with Crippen molar-refractivity contribution >= 4 is 17.7 Å². The standard InChI is InChI=1S/C13H14N2O5/c1-18-10(16)8-13(19-2)12(17)14-11(15-20-13)9-6-4-3-5-7-9/h3-7H,8H2,1-2H3,(H,14,15,17). The number of oxime groups is 1. The minimum atomic E-state index is -1.80. The number of nitrogens with one attached hydrogen (secondary N) is 1. The lowest BCUT2D eigenvalue weighted by molar-refractivity contribution is -0.229. The first-order chi connectivity index (χ1) is 9.61. The van der Waals surface area contributed by atoms with E-state index in [1.165, 1.54) is 14.2 Å². The van der Waals surface area contributed by atoms with Crippen LogP contribution in [-0.2, 0) is 23.9 Å². The van der Waals surface area contributed by atoms with Gasteiger partial charge in [-0.3, -0.25) is 9.59 Å². The molecule has 1 aliphatic rings. The molecule has 1 amide bonds. The summed E-state index contributed by atoms with van der Waals surface area (Å²) in [6.07, 6.45) is -0.391. The van der Waals surface area contributed by atoms with Gasteiger partial charge in [0.25, 0.3) is 0 Å². The number of nitrogens with zero attached hydrogens (tertiary/aromatic N) is 1. The van der Waals surface area contributed by atoms with Crippen molar-refractivity contribution in [3.05, 3.63) is 35.9 Å². The Morgan fingerprint density at radius 3 is 2.60 bits per heavy atom. The van der Waals surface area contributed by atoms with Gasteiger partial charge in [-0.1, -0.05) is 35.5 Å². The molecule has 0 saturated carbocycles. The third-order valence-corrected chi connectivity index (χ3v) is 2.84. The fourth-order valence-corrected chi connectivity index (χ4v) is 1.68. The lowest BCUT2D eigenvalue weighted by atomic mass is 10.1. The normalized spacial score (nSPS) is 21.5. The lowest BCUT2D eigenvalue weighted by Crippen LogP contribution is -2.56. The largest absolute Gasteiger partial charge is 0.469 e. The molecule has 1 unspecified atom stereocenters. The van der Waals surface area contributed by atoms with Crippen molar-refractivity contribution in [2.24, 2.45) is 5.16 Å². The average molecular weight is 278 g/mol. The van der Waals surface area contributed by atoms with E-state index in [0.29, 0.717) is 5.56 Å². The quantitative estimate of drug-likeness (QED) is 0.806. The van der Waals surface area contributed by atoms with E-state index in [1.807, 2.05) is 6.07 Å². The summed E-state index contributed by atoms with van der Waals surface area (Å²) in [6, 6.07) is 8.98. The Balaban J connectivity index is 2.23. The zero-order valence-electron chi connectivity index (χ0n) is 11.1. The SMILES string of the molecule is COC(=O)CC1(OC)ON=C(c2ccccc2)NC1=O. The van der Waals surface area contributed by atoms with Crippen molar-refractivity contribution in [1.82, 2.24) is 5.32 Å². The molecule has 0 saturated heterocycles. The number of ether oxygens (including phenoxy) is 2. The number of amidine groups is 1. The van der Waals surface area contributed by atoms with Crippen LogP contribution in [0.4, 0.5) is 0 Å². The van der Waals surface area contributed by atoms with Gasteiger partial charge in [0, 0.05) is 12.7 Å². The van der Waals surface area contributed by atoms with E-state index in [-0.39, 0.29) is 5.84 Å². The van der Waals surface area contributed by atoms with E-state index >= 15 is 0 Å². The number of hydrogen-bond acceptors (Lipinski definition) is 6. The Labute approximate surface area is 115 Å². The van der Waals surface area contributed by atoms with Crippen molar-refractivity contribution in [3.8, 4) is 0 Å². The summed E-state index contributed by atoms with van der Waals surface area (Å²) in [6.45, 7) is 0. The molecule has 1 aliphatic heterocycles. The minimum absolute atomic E-state index is 0.258. The van der Waals surface area contributed by atoms with Crippen LogP contribution in [0.1, 0.15) is 12.0 Å². The topological polar surface area (TPSA) is 86.2 Å². The molecule has 0 aliphatic carbocycles. The maximum atomic E-state index is 12.1. The second kappa shape index (κ2) is 5.70. The highest BCUT2D eigenvalue weighted by molar-refractivity contribution is 6.10. The molecule has 1 aromatic rings. The Hall–Kier alpha value is -2.41. The summed E-state index contributed by atoms with van der Waals surface area (Å²) in [7, 11) is 2.47. The molecule has 0 radical (unpaired) electrons. The first-order valence-corrected chi connectivity index (χ1v) is 5.86. The van der Waals surface area contributed by atoms with Gasteiger partial charge in [-0.15, -0.1) is 0 Å². The maximum Gasteiger partial charge on any atom is 0.326 e. The van der Waals surface area contributed by atoms with Gasteiger partial charge in [-0.05, 0) is 0 Å². The zero-order chi connectivity index (χ0) is 14.6. The Morgan fingerprint density at radius 1 is 1.35 bits per heavy atom. The smallest absolute Gasteiger partial charge is 0.326 e. The van der Waals surface area contributed by atoms with Crippen LogP contribution in [0.5, 0.6) is 0 Å². The van der Waals surface area contributed by atoms with Crippen molar-refractivity contribution < 1.29 is 23.9 Å². The van der Waals surface area contributed by atoms with E-state index in [4.69, 9.17) is 9.57 Å². The van der Waals surface area contributed by atoms with Gasteiger partial charge in [0.05, 0.1) is 7.11 Å². The van der Waals surface area contributed by atoms with Gasteiger partial charge in [0.2, 0.25) is 0 Å². The molecule has 20 heavy (non-hydrogen) atoms. The lowest BCUT2D eigenvalue weighted by Gasteiger charge is -2.30. The molecule has 2 rings (SSSR count). The van der Waals surface area contributed by atoms with E-state index in [9.17, 15) is 9.59 Å². The maximum absolute atomic E-state index is 12.1. The fourth-order valence-electron chi connectivity index (χ4n) is 1.68. The monoisotopic (exact) mass is 278 g/mol. The van der Waals surface area contributed by atoms with Crippen molar-refractivity contribution in [2.75, 3.05) is 14.2 Å². The number of esters is 1. The number of hydrogen-bond donors (Lipinski definition) is 1. The molecule has 7 nitrogen and oxygen atoms in total. The van der Waals surface area contributed by atoms with Gasteiger partial charge >= 0.3 is 17.7 Å². The molecule has 106 valence electrons. The van der Waals surface area contributed by atoms with Crippen molar-refractivity contribution in [3.63, 3.8) is 0 Å². The first kappa shape index (κ1) is 14.0. The van der Waals surface area contributed by atoms with Crippen LogP contribution in [0.2, 0.25) is 0 Å². The molecule has 0 spiro atoms. The van der Waals surface area contributed by atoms with Gasteiger partial charge in [0.15, 0.2) is 5.84 Å². The average Bonchev–Trinajstić information content (AvgIpc) is 2.50. The third-order valence-electron chi connectivity index (χ3n) is 2.84. The number of amides is 1. The van der Waals surface area contributed by atoms with Crippen LogP contribution < -0.4 is 5.32 Å². The van der Waals surface area contributed by atoms with E-state index < -0.39 is 24.1 Å². The van der Waals surface area contributed by atoms with Crippen LogP contribution in [0.25, 0.3) is 0 Å². The number of carbonyl (C=O) groups excluding carboxylic acids is 2. The molecule has 0 bridgehead atoms. The highest BCUT2D eigenvalue weighted by atomic mass is 16.8. The molecule has 0 aromatic heterocycles. The van der Waals surface area contributed by atoms with Crippen LogP contribution >= 0.6 is 0 Å². The summed E-state index contributed by atoms with van der Waals surface area (Å²) < 4.78 is 9.52. The molecule has 1 atom stereocenters. The highest BCUT2D eigenvalue weighted by Crippen LogP contribution is 2.22. The van der Waals surface area contributed by atoms with Crippen LogP contribution in [0, 0.1) is 0 Å². The highest BCUT2D eigenvalue weighted by Gasteiger charge is 2.47. The van der Waals surface area contributed by atoms with E-state index in [2.05, 4.69) is 15.2 Å². The Morgan fingerprint density at radius 2 is 2.05 bits per heavy atom. The first-order valence-electron chi connectivity index (χ1n) is 5.86. The predicted octanol–water partition coefficient (Wildman–Crippen LogP) is 0.400. The van der Waals surface area contributed by atoms with Crippen LogP contribution in [0.3, 0.4) is 0 Å². The second-order valence-electron chi connectivity index (χ2n) is 4.06. The summed E-state index contributed by atoms with van der Waals surface area (Å²) >= 11 is 0. The molecule has 1 heterocycles. The minimum Gasteiger partial charge on any atom is -0.469 e. The van der Waals surface area contributed by atoms with Crippen LogP contribution in [0.15, 0.2) is 35.5 Å². The third kappa shape index (κ3) is 2.62. The zero-order valence-corrected chi connectivity index (χ0v) is 11.1. The molecular weight excluding hydrogens is 264 g/mol. The summed E-state index contributed by atoms with van der Waals surface area (Å²) in [5.74, 6) is -2.79. The summed E-state index contributed by atoms with van der Waals surface area (Å²) in [5.41, 5.74) is 0.684. The number of benzene rings is 1. The molecule has 0 fully saturated rings. The van der Waals surface area contributed by atoms with E-state index in [1.54, 1.807) is 24.3 Å². The Bertz CT molecular complexity index is 543. The molecule has 1 N–H and O–H groups in total. The van der Waals surface area contributed by atoms with Crippen LogP contribution in [-0.4, -0.2) is 37.7 Å². The summed E-state index contributed by atoms with van der Waals surface area (Å²) in [4.78, 5) is 28.6. The predicted molar refractivity (Wildman–Crippen MR) is 68.6 cm³/mol. The molecule has 7 heteroatoms. The van der Waals surface area contributed by atoms with Gasteiger partial charge < -0.3 is 19.6 Å². The van der Waals surface area contributed by atoms with Gasteiger partial charge in [-0.25, -0.2) is 0 Å². The van der Waals surface area contributed by atoms with Gasteiger partial charge in [0.1, 0.15) is 6.42 Å². The number of methoxy groups -OCH3 is 2. The number of carbonyl (C=O) groups is 2. The molecular formula is C13H14N2O5. The molecule has 1 aromatic carbocycles. The van der Waals surface area contributed by atoms with E-state index in [0.717, 1.165) is 0 Å². The van der Waals surface area contributed by atoms with Gasteiger partial charge in [-0.2, -0.15) is 0 Å². The van der Waals surface area contributed by atoms with Crippen molar-refractivity contribution in [1.29, 1.82) is 0 Å². The number of rotatable bonds is 4. The fraction of sp³-hybridized carbons (Fsp3) is 0.308. The van der Waals surface area contributed by atoms with Crippen molar-refractivity contribution in [2.45, 2.75) is 12.2 Å². The Kier molecular flexibility index (Phi) is 3.99. The summed E-state index contributed by atoms with van der Waals surface area (Å²) in [5, 5.41) is 6.37.